The van der Waals surface area contributed by atoms with Crippen LogP contribution in [0.4, 0.5) is 0 Å². The van der Waals surface area contributed by atoms with Gasteiger partial charge in [0.25, 0.3) is 0 Å². The Bertz CT molecular complexity index is 107. The lowest BCUT2D eigenvalue weighted by Gasteiger charge is -2.29. The lowest BCUT2D eigenvalue weighted by atomic mass is 10.1. The van der Waals surface area contributed by atoms with Crippen molar-refractivity contribution in [2.24, 2.45) is 0 Å². The highest BCUT2D eigenvalue weighted by Crippen LogP contribution is 2.08. The van der Waals surface area contributed by atoms with Gasteiger partial charge in [-0.05, 0) is 19.1 Å². The third kappa shape index (κ3) is 5.55. The number of rotatable bonds is 8. The van der Waals surface area contributed by atoms with Gasteiger partial charge in [-0.1, -0.05) is 13.8 Å². The van der Waals surface area contributed by atoms with Crippen LogP contribution >= 0.6 is 11.8 Å². The summed E-state index contributed by atoms with van der Waals surface area (Å²) < 4.78 is 0. The van der Waals surface area contributed by atoms with E-state index in [1.54, 1.807) is 0 Å². The minimum Gasteiger partial charge on any atom is -0.395 e. The highest BCUT2D eigenvalue weighted by molar-refractivity contribution is 7.98. The molecule has 2 nitrogen and oxygen atoms in total. The number of nitrogens with zero attached hydrogens (tertiary/aromatic N) is 1. The summed E-state index contributed by atoms with van der Waals surface area (Å²) in [6.07, 6.45) is 4.50. The van der Waals surface area contributed by atoms with Gasteiger partial charge in [0.05, 0.1) is 6.61 Å². The van der Waals surface area contributed by atoms with E-state index in [0.29, 0.717) is 6.04 Å². The van der Waals surface area contributed by atoms with Gasteiger partial charge in [-0.15, -0.1) is 0 Å². The van der Waals surface area contributed by atoms with Crippen LogP contribution in [0.1, 0.15) is 26.7 Å². The summed E-state index contributed by atoms with van der Waals surface area (Å²) in [5.74, 6) is 1.16. The van der Waals surface area contributed by atoms with Crippen LogP contribution in [0.25, 0.3) is 0 Å². The SMILES string of the molecule is CCC(CC)N(CCO)CCSC. The second-order valence-electron chi connectivity index (χ2n) is 3.22. The van der Waals surface area contributed by atoms with Gasteiger partial charge in [0, 0.05) is 24.9 Å². The predicted octanol–water partition coefficient (Wildman–Crippen LogP) is 1.83. The van der Waals surface area contributed by atoms with E-state index in [4.69, 9.17) is 5.11 Å². The molecule has 0 spiro atoms. The molecule has 0 rings (SSSR count). The quantitative estimate of drug-likeness (QED) is 0.654. The van der Waals surface area contributed by atoms with Crippen molar-refractivity contribution in [3.63, 3.8) is 0 Å². The van der Waals surface area contributed by atoms with Crippen LogP contribution in [-0.4, -0.2) is 47.8 Å². The monoisotopic (exact) mass is 205 g/mol. The summed E-state index contributed by atoms with van der Waals surface area (Å²) in [6.45, 7) is 6.65. The average Bonchev–Trinajstić information content (AvgIpc) is 2.16. The van der Waals surface area contributed by atoms with Crippen LogP contribution in [0.2, 0.25) is 0 Å². The van der Waals surface area contributed by atoms with Crippen molar-refractivity contribution >= 4 is 11.8 Å². The summed E-state index contributed by atoms with van der Waals surface area (Å²) in [5.41, 5.74) is 0. The van der Waals surface area contributed by atoms with Crippen molar-refractivity contribution in [2.45, 2.75) is 32.7 Å². The maximum Gasteiger partial charge on any atom is 0.0558 e. The standard InChI is InChI=1S/C10H23NOS/c1-4-10(5-2)11(6-8-12)7-9-13-3/h10,12H,4-9H2,1-3H3. The Morgan fingerprint density at radius 3 is 2.23 bits per heavy atom. The van der Waals surface area contributed by atoms with Gasteiger partial charge < -0.3 is 5.11 Å². The predicted molar refractivity (Wildman–Crippen MR) is 61.4 cm³/mol. The van der Waals surface area contributed by atoms with Crippen molar-refractivity contribution in [1.29, 1.82) is 0 Å². The van der Waals surface area contributed by atoms with Crippen LogP contribution in [0, 0.1) is 0 Å². The summed E-state index contributed by atoms with van der Waals surface area (Å²) in [7, 11) is 0. The molecule has 0 aliphatic carbocycles. The minimum absolute atomic E-state index is 0.283. The fourth-order valence-corrected chi connectivity index (χ4v) is 2.04. The van der Waals surface area contributed by atoms with Gasteiger partial charge in [0.1, 0.15) is 0 Å². The van der Waals surface area contributed by atoms with Gasteiger partial charge >= 0.3 is 0 Å². The molecule has 0 radical (unpaired) electrons. The topological polar surface area (TPSA) is 23.5 Å². The molecule has 0 aromatic heterocycles. The molecule has 0 aliphatic heterocycles. The first-order chi connectivity index (χ1) is 6.29. The molecule has 13 heavy (non-hydrogen) atoms. The van der Waals surface area contributed by atoms with Gasteiger partial charge in [-0.2, -0.15) is 11.8 Å². The Labute approximate surface area is 86.7 Å². The molecule has 1 N–H and O–H groups in total. The van der Waals surface area contributed by atoms with Crippen LogP contribution in [0.5, 0.6) is 0 Å². The zero-order valence-corrected chi connectivity index (χ0v) is 9.94. The van der Waals surface area contributed by atoms with Crippen LogP contribution in [0.3, 0.4) is 0 Å². The normalized spacial score (nSPS) is 11.5. The lowest BCUT2D eigenvalue weighted by Crippen LogP contribution is -2.38. The van der Waals surface area contributed by atoms with Gasteiger partial charge in [-0.3, -0.25) is 4.90 Å². The van der Waals surface area contributed by atoms with Crippen LogP contribution in [0.15, 0.2) is 0 Å². The summed E-state index contributed by atoms with van der Waals surface area (Å²) in [6, 6.07) is 0.652. The molecule has 0 fully saturated rings. The Morgan fingerprint density at radius 1 is 1.23 bits per heavy atom. The molecule has 0 saturated carbocycles. The third-order valence-corrected chi connectivity index (χ3v) is 3.02. The minimum atomic E-state index is 0.283. The van der Waals surface area contributed by atoms with Crippen molar-refractivity contribution < 1.29 is 5.11 Å². The lowest BCUT2D eigenvalue weighted by molar-refractivity contribution is 0.151. The molecule has 0 amide bonds. The van der Waals surface area contributed by atoms with E-state index in [0.717, 1.165) is 18.8 Å². The summed E-state index contributed by atoms with van der Waals surface area (Å²) in [5, 5.41) is 8.93. The molecule has 0 unspecified atom stereocenters. The van der Waals surface area contributed by atoms with Crippen molar-refractivity contribution in [3.8, 4) is 0 Å². The summed E-state index contributed by atoms with van der Waals surface area (Å²) in [4.78, 5) is 2.40. The molecular weight excluding hydrogens is 182 g/mol. The summed E-state index contributed by atoms with van der Waals surface area (Å²) >= 11 is 1.87. The van der Waals surface area contributed by atoms with E-state index in [1.807, 2.05) is 11.8 Å². The molecule has 0 bridgehead atoms. The molecule has 0 aromatic carbocycles. The molecule has 0 aliphatic rings. The van der Waals surface area contributed by atoms with E-state index in [-0.39, 0.29) is 6.61 Å². The van der Waals surface area contributed by atoms with E-state index in [2.05, 4.69) is 25.0 Å². The van der Waals surface area contributed by atoms with E-state index in [1.165, 1.54) is 12.8 Å². The van der Waals surface area contributed by atoms with E-state index >= 15 is 0 Å². The Kier molecular flexibility index (Phi) is 9.03. The van der Waals surface area contributed by atoms with Gasteiger partial charge in [0.15, 0.2) is 0 Å². The van der Waals surface area contributed by atoms with E-state index in [9.17, 15) is 0 Å². The van der Waals surface area contributed by atoms with Crippen LogP contribution in [-0.2, 0) is 0 Å². The first-order valence-electron chi connectivity index (χ1n) is 5.13. The zero-order valence-electron chi connectivity index (χ0n) is 9.12. The fourth-order valence-electron chi connectivity index (χ4n) is 1.62. The molecule has 0 aromatic rings. The Balaban J connectivity index is 3.88. The second-order valence-corrected chi connectivity index (χ2v) is 4.21. The average molecular weight is 205 g/mol. The van der Waals surface area contributed by atoms with Crippen molar-refractivity contribution in [1.82, 2.24) is 4.90 Å². The van der Waals surface area contributed by atoms with Gasteiger partial charge in [-0.25, -0.2) is 0 Å². The Morgan fingerprint density at radius 2 is 1.85 bits per heavy atom. The number of hydrogen-bond acceptors (Lipinski definition) is 3. The molecule has 0 atom stereocenters. The second kappa shape index (κ2) is 8.85. The molecule has 0 saturated heterocycles. The van der Waals surface area contributed by atoms with Crippen molar-refractivity contribution in [3.05, 3.63) is 0 Å². The maximum atomic E-state index is 8.93. The van der Waals surface area contributed by atoms with Gasteiger partial charge in [0.2, 0.25) is 0 Å². The molecule has 0 heterocycles. The maximum absolute atomic E-state index is 8.93. The first-order valence-corrected chi connectivity index (χ1v) is 6.53. The first kappa shape index (κ1) is 13.3. The number of thioether (sulfide) groups is 1. The highest BCUT2D eigenvalue weighted by atomic mass is 32.2. The highest BCUT2D eigenvalue weighted by Gasteiger charge is 2.13. The molecular formula is C10H23NOS. The molecule has 3 heteroatoms. The molecule has 80 valence electrons. The largest absolute Gasteiger partial charge is 0.395 e. The van der Waals surface area contributed by atoms with Crippen molar-refractivity contribution in [2.75, 3.05) is 31.7 Å². The number of aliphatic hydroxyl groups excluding tert-OH is 1. The van der Waals surface area contributed by atoms with E-state index < -0.39 is 0 Å². The Hall–Kier alpha value is 0.270. The fraction of sp³-hybridized carbons (Fsp3) is 1.00. The smallest absolute Gasteiger partial charge is 0.0558 e. The zero-order chi connectivity index (χ0) is 10.1. The number of hydrogen-bond donors (Lipinski definition) is 1. The number of aliphatic hydroxyl groups is 1. The van der Waals surface area contributed by atoms with Crippen LogP contribution < -0.4 is 0 Å². The third-order valence-electron chi connectivity index (χ3n) is 2.43.